The van der Waals surface area contributed by atoms with Gasteiger partial charge in [0.25, 0.3) is 0 Å². The zero-order chi connectivity index (χ0) is 11.8. The van der Waals surface area contributed by atoms with Crippen molar-refractivity contribution < 1.29 is 0 Å². The SMILES string of the molecule is CCCCCCCCC[C@@H]1N=C(C)[C@@H](C)S1. The molecule has 1 aliphatic rings. The van der Waals surface area contributed by atoms with Crippen LogP contribution in [0.1, 0.15) is 72.1 Å². The summed E-state index contributed by atoms with van der Waals surface area (Å²) in [4.78, 5) is 4.70. The van der Waals surface area contributed by atoms with Crippen molar-refractivity contribution in [3.8, 4) is 0 Å². The van der Waals surface area contributed by atoms with Crippen LogP contribution < -0.4 is 0 Å². The van der Waals surface area contributed by atoms with E-state index < -0.39 is 0 Å². The van der Waals surface area contributed by atoms with Gasteiger partial charge in [-0.3, -0.25) is 4.99 Å². The maximum atomic E-state index is 4.70. The van der Waals surface area contributed by atoms with Crippen molar-refractivity contribution in [3.05, 3.63) is 0 Å². The molecule has 2 atom stereocenters. The van der Waals surface area contributed by atoms with Gasteiger partial charge >= 0.3 is 0 Å². The fourth-order valence-electron chi connectivity index (χ4n) is 2.11. The minimum atomic E-state index is 0.575. The molecule has 0 saturated heterocycles. The first-order valence-corrected chi connectivity index (χ1v) is 7.88. The van der Waals surface area contributed by atoms with Gasteiger partial charge in [-0.1, -0.05) is 51.9 Å². The lowest BCUT2D eigenvalue weighted by atomic mass is 10.1. The molecular formula is C14H27NS. The molecule has 1 rings (SSSR count). The van der Waals surface area contributed by atoms with Crippen LogP contribution in [-0.4, -0.2) is 16.3 Å². The van der Waals surface area contributed by atoms with Crippen LogP contribution in [-0.2, 0) is 0 Å². The number of nitrogens with zero attached hydrogens (tertiary/aromatic N) is 1. The molecule has 0 spiro atoms. The summed E-state index contributed by atoms with van der Waals surface area (Å²) in [6, 6.07) is 0. The zero-order valence-corrected chi connectivity index (χ0v) is 12.0. The summed E-state index contributed by atoms with van der Waals surface area (Å²) >= 11 is 2.04. The standard InChI is InChI=1S/C14H27NS/c1-4-5-6-7-8-9-10-11-14-15-12(2)13(3)16-14/h13-14H,4-11H2,1-3H3/t13-,14-/m1/s1. The van der Waals surface area contributed by atoms with Crippen molar-refractivity contribution in [1.82, 2.24) is 0 Å². The van der Waals surface area contributed by atoms with Gasteiger partial charge in [0.2, 0.25) is 0 Å². The first-order valence-electron chi connectivity index (χ1n) is 6.93. The Morgan fingerprint density at radius 2 is 1.69 bits per heavy atom. The molecule has 1 aliphatic heterocycles. The lowest BCUT2D eigenvalue weighted by Crippen LogP contribution is -2.02. The quantitative estimate of drug-likeness (QED) is 0.542. The van der Waals surface area contributed by atoms with Gasteiger partial charge in [-0.2, -0.15) is 0 Å². The van der Waals surface area contributed by atoms with Crippen LogP contribution in [0.4, 0.5) is 0 Å². The molecule has 0 aromatic rings. The van der Waals surface area contributed by atoms with Gasteiger partial charge in [0.15, 0.2) is 0 Å². The molecular weight excluding hydrogens is 214 g/mol. The van der Waals surface area contributed by atoms with Crippen LogP contribution in [0, 0.1) is 0 Å². The van der Waals surface area contributed by atoms with E-state index in [1.807, 2.05) is 11.8 Å². The largest absolute Gasteiger partial charge is 0.279 e. The first kappa shape index (κ1) is 14.1. The maximum Gasteiger partial charge on any atom is 0.0957 e. The van der Waals surface area contributed by atoms with Gasteiger partial charge in [-0.25, -0.2) is 0 Å². The van der Waals surface area contributed by atoms with Crippen molar-refractivity contribution in [3.63, 3.8) is 0 Å². The summed E-state index contributed by atoms with van der Waals surface area (Å²) in [5.74, 6) is 0. The molecule has 0 aromatic heterocycles. The molecule has 16 heavy (non-hydrogen) atoms. The highest BCUT2D eigenvalue weighted by Gasteiger charge is 2.21. The minimum Gasteiger partial charge on any atom is -0.279 e. The molecule has 0 bridgehead atoms. The van der Waals surface area contributed by atoms with Gasteiger partial charge in [-0.05, 0) is 20.3 Å². The second-order valence-electron chi connectivity index (χ2n) is 4.91. The van der Waals surface area contributed by atoms with Crippen molar-refractivity contribution in [1.29, 1.82) is 0 Å². The predicted octanol–water partition coefficient (Wildman–Crippen LogP) is 5.05. The molecule has 0 amide bonds. The number of rotatable bonds is 8. The fourth-order valence-corrected chi connectivity index (χ4v) is 3.36. The van der Waals surface area contributed by atoms with Gasteiger partial charge in [0.05, 0.1) is 5.37 Å². The minimum absolute atomic E-state index is 0.575. The Morgan fingerprint density at radius 3 is 2.25 bits per heavy atom. The Kier molecular flexibility index (Phi) is 7.18. The van der Waals surface area contributed by atoms with E-state index in [4.69, 9.17) is 4.99 Å². The normalized spacial score (nSPS) is 24.8. The summed E-state index contributed by atoms with van der Waals surface area (Å²) in [5.41, 5.74) is 1.35. The van der Waals surface area contributed by atoms with Crippen LogP contribution >= 0.6 is 11.8 Å². The average molecular weight is 241 g/mol. The topological polar surface area (TPSA) is 12.4 Å². The lowest BCUT2D eigenvalue weighted by Gasteiger charge is -2.07. The molecule has 0 saturated carbocycles. The van der Waals surface area contributed by atoms with Crippen molar-refractivity contribution in [2.45, 2.75) is 82.8 Å². The Labute approximate surface area is 105 Å². The van der Waals surface area contributed by atoms with Gasteiger partial charge in [0.1, 0.15) is 0 Å². The molecule has 0 aromatic carbocycles. The van der Waals surface area contributed by atoms with E-state index in [0.29, 0.717) is 10.6 Å². The highest BCUT2D eigenvalue weighted by molar-refractivity contribution is 8.01. The van der Waals surface area contributed by atoms with E-state index in [-0.39, 0.29) is 0 Å². The summed E-state index contributed by atoms with van der Waals surface area (Å²) in [6.45, 7) is 6.72. The van der Waals surface area contributed by atoms with E-state index in [2.05, 4.69) is 20.8 Å². The molecule has 94 valence electrons. The van der Waals surface area contributed by atoms with Gasteiger partial charge < -0.3 is 0 Å². The Bertz CT molecular complexity index is 213. The molecule has 1 heterocycles. The van der Waals surface area contributed by atoms with Gasteiger partial charge in [-0.15, -0.1) is 11.8 Å². The molecule has 0 N–H and O–H groups in total. The summed E-state index contributed by atoms with van der Waals surface area (Å²) in [5, 5.41) is 1.24. The van der Waals surface area contributed by atoms with E-state index in [9.17, 15) is 0 Å². The average Bonchev–Trinajstić information content (AvgIpc) is 2.57. The molecule has 0 aliphatic carbocycles. The highest BCUT2D eigenvalue weighted by atomic mass is 32.2. The van der Waals surface area contributed by atoms with Crippen LogP contribution in [0.3, 0.4) is 0 Å². The van der Waals surface area contributed by atoms with E-state index in [1.54, 1.807) is 0 Å². The maximum absolute atomic E-state index is 4.70. The van der Waals surface area contributed by atoms with E-state index >= 15 is 0 Å². The number of hydrogen-bond acceptors (Lipinski definition) is 2. The van der Waals surface area contributed by atoms with Crippen LogP contribution in [0.25, 0.3) is 0 Å². The predicted molar refractivity (Wildman–Crippen MR) is 76.6 cm³/mol. The third-order valence-corrected chi connectivity index (χ3v) is 4.76. The summed E-state index contributed by atoms with van der Waals surface area (Å²) < 4.78 is 0. The first-order chi connectivity index (χ1) is 7.74. The third kappa shape index (κ3) is 5.38. The van der Waals surface area contributed by atoms with Crippen LogP contribution in [0.5, 0.6) is 0 Å². The van der Waals surface area contributed by atoms with Crippen LogP contribution in [0.15, 0.2) is 4.99 Å². The Hall–Kier alpha value is 0.0200. The van der Waals surface area contributed by atoms with Crippen molar-refractivity contribution in [2.24, 2.45) is 4.99 Å². The third-order valence-electron chi connectivity index (χ3n) is 3.35. The highest BCUT2D eigenvalue weighted by Crippen LogP contribution is 2.30. The van der Waals surface area contributed by atoms with E-state index in [1.165, 1.54) is 57.1 Å². The lowest BCUT2D eigenvalue weighted by molar-refractivity contribution is 0.573. The Balaban J connectivity index is 1.92. The van der Waals surface area contributed by atoms with E-state index in [0.717, 1.165) is 0 Å². The number of aliphatic imine (C=N–C) groups is 1. The fraction of sp³-hybridized carbons (Fsp3) is 0.929. The number of thioether (sulfide) groups is 1. The molecule has 0 fully saturated rings. The van der Waals surface area contributed by atoms with Crippen molar-refractivity contribution >= 4 is 17.5 Å². The summed E-state index contributed by atoms with van der Waals surface area (Å²) in [7, 11) is 0. The monoisotopic (exact) mass is 241 g/mol. The second kappa shape index (κ2) is 8.16. The molecule has 0 unspecified atom stereocenters. The van der Waals surface area contributed by atoms with Crippen LogP contribution in [0.2, 0.25) is 0 Å². The van der Waals surface area contributed by atoms with Gasteiger partial charge in [0, 0.05) is 11.0 Å². The molecule has 0 radical (unpaired) electrons. The number of unbranched alkanes of at least 4 members (excludes halogenated alkanes) is 6. The van der Waals surface area contributed by atoms with Crippen molar-refractivity contribution in [2.75, 3.05) is 0 Å². The zero-order valence-electron chi connectivity index (χ0n) is 11.2. The smallest absolute Gasteiger partial charge is 0.0957 e. The summed E-state index contributed by atoms with van der Waals surface area (Å²) in [6.07, 6.45) is 11.1. The Morgan fingerprint density at radius 1 is 1.06 bits per heavy atom. The second-order valence-corrected chi connectivity index (χ2v) is 6.44. The number of hydrogen-bond donors (Lipinski definition) is 0. The molecule has 2 heteroatoms. The molecule has 1 nitrogen and oxygen atoms in total.